The van der Waals surface area contributed by atoms with Crippen molar-refractivity contribution in [1.29, 1.82) is 0 Å². The van der Waals surface area contributed by atoms with Crippen molar-refractivity contribution in [3.63, 3.8) is 0 Å². The number of carboxylic acids is 1. The first kappa shape index (κ1) is 13.3. The Labute approximate surface area is 111 Å². The van der Waals surface area contributed by atoms with Gasteiger partial charge in [0.2, 0.25) is 0 Å². The average Bonchev–Trinajstić information content (AvgIpc) is 2.80. The maximum atomic E-state index is 10.9. The van der Waals surface area contributed by atoms with Crippen LogP contribution >= 0.6 is 11.3 Å². The van der Waals surface area contributed by atoms with E-state index in [2.05, 4.69) is 22.2 Å². The number of hydrogen-bond donors (Lipinski definition) is 2. The number of carboxylic acid groups (broad SMARTS) is 1. The highest BCUT2D eigenvalue weighted by Gasteiger charge is 2.17. The van der Waals surface area contributed by atoms with E-state index in [1.165, 1.54) is 37.3 Å². The molecule has 2 heterocycles. The lowest BCUT2D eigenvalue weighted by Gasteiger charge is -2.28. The molecule has 0 aromatic carbocycles. The molecule has 0 spiro atoms. The van der Waals surface area contributed by atoms with Crippen molar-refractivity contribution >= 4 is 22.3 Å². The van der Waals surface area contributed by atoms with Crippen LogP contribution in [0.2, 0.25) is 0 Å². The summed E-state index contributed by atoms with van der Waals surface area (Å²) in [4.78, 5) is 17.1. The van der Waals surface area contributed by atoms with Gasteiger partial charge >= 0.3 is 5.97 Å². The molecular formula is C12H19N3O2S. The van der Waals surface area contributed by atoms with Gasteiger partial charge < -0.3 is 15.3 Å². The van der Waals surface area contributed by atoms with Gasteiger partial charge in [-0.25, -0.2) is 9.78 Å². The number of aromatic nitrogens is 1. The van der Waals surface area contributed by atoms with E-state index >= 15 is 0 Å². The molecule has 1 aromatic rings. The van der Waals surface area contributed by atoms with Gasteiger partial charge in [-0.15, -0.1) is 11.3 Å². The molecule has 2 rings (SSSR count). The number of nitrogens with zero attached hydrogens (tertiary/aromatic N) is 2. The van der Waals surface area contributed by atoms with Crippen molar-refractivity contribution < 1.29 is 9.90 Å². The molecule has 1 aromatic heterocycles. The molecule has 5 nitrogen and oxygen atoms in total. The van der Waals surface area contributed by atoms with Crippen LogP contribution in [-0.2, 0) is 0 Å². The topological polar surface area (TPSA) is 65.5 Å². The Balaban J connectivity index is 1.75. The summed E-state index contributed by atoms with van der Waals surface area (Å²) in [5, 5.41) is 12.8. The minimum Gasteiger partial charge on any atom is -0.476 e. The molecular weight excluding hydrogens is 250 g/mol. The molecule has 0 amide bonds. The predicted octanol–water partition coefficient (Wildman–Crippen LogP) is 1.99. The first-order valence-corrected chi connectivity index (χ1v) is 7.14. The van der Waals surface area contributed by atoms with Gasteiger partial charge in [-0.05, 0) is 45.3 Å². The Bertz CT molecular complexity index is 400. The molecule has 0 radical (unpaired) electrons. The van der Waals surface area contributed by atoms with E-state index in [-0.39, 0.29) is 5.69 Å². The van der Waals surface area contributed by atoms with Gasteiger partial charge in [0.1, 0.15) is 5.00 Å². The number of rotatable bonds is 5. The Morgan fingerprint density at radius 3 is 3.00 bits per heavy atom. The second kappa shape index (κ2) is 6.15. The van der Waals surface area contributed by atoms with Crippen LogP contribution in [0.1, 0.15) is 29.8 Å². The van der Waals surface area contributed by atoms with Crippen LogP contribution in [0.4, 0.5) is 5.00 Å². The van der Waals surface area contributed by atoms with Crippen LogP contribution < -0.4 is 5.32 Å². The van der Waals surface area contributed by atoms with Crippen LogP contribution in [-0.4, -0.2) is 47.6 Å². The fourth-order valence-corrected chi connectivity index (χ4v) is 2.97. The zero-order valence-corrected chi connectivity index (χ0v) is 11.4. The fourth-order valence-electron chi connectivity index (χ4n) is 2.26. The molecule has 0 saturated carbocycles. The van der Waals surface area contributed by atoms with Gasteiger partial charge in [0.15, 0.2) is 5.69 Å². The zero-order chi connectivity index (χ0) is 13.0. The average molecular weight is 269 g/mol. The summed E-state index contributed by atoms with van der Waals surface area (Å²) in [5.41, 5.74) is 1.71. The van der Waals surface area contributed by atoms with Crippen LogP contribution in [0.3, 0.4) is 0 Å². The van der Waals surface area contributed by atoms with E-state index in [9.17, 15) is 4.79 Å². The van der Waals surface area contributed by atoms with E-state index in [4.69, 9.17) is 5.11 Å². The molecule has 1 saturated heterocycles. The summed E-state index contributed by atoms with van der Waals surface area (Å²) >= 11 is 1.35. The van der Waals surface area contributed by atoms with Crippen molar-refractivity contribution in [3.05, 3.63) is 11.2 Å². The van der Waals surface area contributed by atoms with Crippen LogP contribution in [0.5, 0.6) is 0 Å². The van der Waals surface area contributed by atoms with Crippen molar-refractivity contribution in [2.24, 2.45) is 5.92 Å². The van der Waals surface area contributed by atoms with Crippen LogP contribution in [0, 0.1) is 5.92 Å². The van der Waals surface area contributed by atoms with E-state index in [0.29, 0.717) is 5.00 Å². The number of aromatic carboxylic acids is 1. The summed E-state index contributed by atoms with van der Waals surface area (Å²) in [6.45, 7) is 3.17. The highest BCUT2D eigenvalue weighted by Crippen LogP contribution is 2.22. The third-order valence-corrected chi connectivity index (χ3v) is 4.23. The lowest BCUT2D eigenvalue weighted by molar-refractivity contribution is 0.0692. The highest BCUT2D eigenvalue weighted by molar-refractivity contribution is 7.14. The second-order valence-corrected chi connectivity index (χ2v) is 5.65. The smallest absolute Gasteiger partial charge is 0.357 e. The summed E-state index contributed by atoms with van der Waals surface area (Å²) in [7, 11) is 2.16. The largest absolute Gasteiger partial charge is 0.476 e. The number of hydrogen-bond acceptors (Lipinski definition) is 5. The van der Waals surface area contributed by atoms with Crippen LogP contribution in [0.15, 0.2) is 5.51 Å². The van der Waals surface area contributed by atoms with Gasteiger partial charge in [-0.2, -0.15) is 0 Å². The second-order valence-electron chi connectivity index (χ2n) is 4.80. The van der Waals surface area contributed by atoms with Gasteiger partial charge in [-0.1, -0.05) is 0 Å². The van der Waals surface area contributed by atoms with E-state index < -0.39 is 5.97 Å². The Hall–Kier alpha value is -1.14. The van der Waals surface area contributed by atoms with E-state index in [0.717, 1.165) is 18.9 Å². The Morgan fingerprint density at radius 2 is 2.33 bits per heavy atom. The number of carbonyl (C=O) groups is 1. The van der Waals surface area contributed by atoms with Gasteiger partial charge in [-0.3, -0.25) is 0 Å². The summed E-state index contributed by atoms with van der Waals surface area (Å²) in [5.74, 6) is -0.201. The molecule has 1 aliphatic rings. The molecule has 1 aliphatic heterocycles. The van der Waals surface area contributed by atoms with E-state index in [1.807, 2.05) is 0 Å². The Morgan fingerprint density at radius 1 is 1.61 bits per heavy atom. The molecule has 18 heavy (non-hydrogen) atoms. The SMILES string of the molecule is CN1CCC(CCNc2scnc2C(=O)O)CC1. The number of piperidine rings is 1. The maximum Gasteiger partial charge on any atom is 0.357 e. The third kappa shape index (κ3) is 3.43. The molecule has 1 fully saturated rings. The number of likely N-dealkylation sites (tertiary alicyclic amines) is 1. The summed E-state index contributed by atoms with van der Waals surface area (Å²) in [6.07, 6.45) is 3.59. The lowest BCUT2D eigenvalue weighted by Crippen LogP contribution is -2.30. The van der Waals surface area contributed by atoms with Gasteiger partial charge in [0.05, 0.1) is 5.51 Å². The minimum absolute atomic E-state index is 0.142. The number of nitrogens with one attached hydrogen (secondary N) is 1. The van der Waals surface area contributed by atoms with Gasteiger partial charge in [0.25, 0.3) is 0 Å². The molecule has 100 valence electrons. The van der Waals surface area contributed by atoms with Crippen molar-refractivity contribution in [2.75, 3.05) is 32.0 Å². The molecule has 0 atom stereocenters. The summed E-state index contributed by atoms with van der Waals surface area (Å²) < 4.78 is 0. The van der Waals surface area contributed by atoms with Gasteiger partial charge in [0, 0.05) is 6.54 Å². The zero-order valence-electron chi connectivity index (χ0n) is 10.6. The van der Waals surface area contributed by atoms with Crippen molar-refractivity contribution in [3.8, 4) is 0 Å². The predicted molar refractivity (Wildman–Crippen MR) is 72.4 cm³/mol. The van der Waals surface area contributed by atoms with E-state index in [1.54, 1.807) is 5.51 Å². The normalized spacial score (nSPS) is 17.8. The quantitative estimate of drug-likeness (QED) is 0.855. The first-order valence-electron chi connectivity index (χ1n) is 6.26. The molecule has 0 aliphatic carbocycles. The molecule has 0 bridgehead atoms. The first-order chi connectivity index (χ1) is 8.66. The molecule has 2 N–H and O–H groups in total. The van der Waals surface area contributed by atoms with Crippen molar-refractivity contribution in [1.82, 2.24) is 9.88 Å². The van der Waals surface area contributed by atoms with Crippen molar-refractivity contribution in [2.45, 2.75) is 19.3 Å². The van der Waals surface area contributed by atoms with Crippen LogP contribution in [0.25, 0.3) is 0 Å². The standard InChI is InChI=1S/C12H19N3O2S/c1-15-6-3-9(4-7-15)2-5-13-11-10(12(16)17)14-8-18-11/h8-9,13H,2-7H2,1H3,(H,16,17). The number of anilines is 1. The number of thiazole rings is 1. The maximum absolute atomic E-state index is 10.9. The monoisotopic (exact) mass is 269 g/mol. The molecule has 6 heteroatoms. The lowest BCUT2D eigenvalue weighted by atomic mass is 9.94. The highest BCUT2D eigenvalue weighted by atomic mass is 32.1. The molecule has 0 unspecified atom stereocenters. The Kier molecular flexibility index (Phi) is 4.54. The summed E-state index contributed by atoms with van der Waals surface area (Å²) in [6, 6.07) is 0. The third-order valence-electron chi connectivity index (χ3n) is 3.45. The minimum atomic E-state index is -0.960. The fraction of sp³-hybridized carbons (Fsp3) is 0.667.